The van der Waals surface area contributed by atoms with E-state index in [0.29, 0.717) is 6.54 Å². The number of esters is 2. The maximum atomic E-state index is 12.5. The Hall–Kier alpha value is -1.43. The lowest BCUT2D eigenvalue weighted by Gasteiger charge is -2.37. The summed E-state index contributed by atoms with van der Waals surface area (Å²) in [5.41, 5.74) is 0. The van der Waals surface area contributed by atoms with E-state index < -0.39 is 23.8 Å². The lowest BCUT2D eigenvalue weighted by molar-refractivity contribution is -0.164. The molecule has 20 heavy (non-hydrogen) atoms. The van der Waals surface area contributed by atoms with Crippen molar-refractivity contribution in [1.29, 1.82) is 0 Å². The van der Waals surface area contributed by atoms with Gasteiger partial charge in [-0.25, -0.2) is 0 Å². The van der Waals surface area contributed by atoms with Crippen LogP contribution in [-0.2, 0) is 23.9 Å². The highest BCUT2D eigenvalue weighted by molar-refractivity contribution is 6.09. The average molecular weight is 283 g/mol. The molecule has 0 saturated carbocycles. The van der Waals surface area contributed by atoms with Crippen LogP contribution in [0.2, 0.25) is 0 Å². The fourth-order valence-electron chi connectivity index (χ4n) is 3.13. The second-order valence-electron chi connectivity index (χ2n) is 5.14. The standard InChI is InChI=1S/C14H21NO5/c1-3-19-13(17)9-8-15-7-5-6-10(15)11(12(9)16)14(18)20-4-2/h9-11H,3-8H2,1-2H3/t9-,10+,11-/m1/s1. The number of fused-ring (bicyclic) bond motifs is 1. The number of hydrogen-bond acceptors (Lipinski definition) is 6. The Morgan fingerprint density at radius 3 is 2.50 bits per heavy atom. The van der Waals surface area contributed by atoms with Crippen molar-refractivity contribution in [3.05, 3.63) is 0 Å². The number of carbonyl (C=O) groups is 3. The second-order valence-corrected chi connectivity index (χ2v) is 5.14. The minimum Gasteiger partial charge on any atom is -0.465 e. The number of piperidine rings is 1. The molecular formula is C14H21NO5. The first-order valence-electron chi connectivity index (χ1n) is 7.21. The molecular weight excluding hydrogens is 262 g/mol. The molecule has 2 saturated heterocycles. The maximum Gasteiger partial charge on any atom is 0.318 e. The molecule has 0 amide bonds. The molecule has 3 atom stereocenters. The Kier molecular flexibility index (Phi) is 4.75. The fraction of sp³-hybridized carbons (Fsp3) is 0.786. The summed E-state index contributed by atoms with van der Waals surface area (Å²) in [6, 6.07) is -0.118. The van der Waals surface area contributed by atoms with Gasteiger partial charge in [-0.15, -0.1) is 0 Å². The van der Waals surface area contributed by atoms with E-state index in [2.05, 4.69) is 0 Å². The molecule has 0 aliphatic carbocycles. The van der Waals surface area contributed by atoms with E-state index in [4.69, 9.17) is 9.47 Å². The van der Waals surface area contributed by atoms with Crippen molar-refractivity contribution in [2.45, 2.75) is 32.7 Å². The monoisotopic (exact) mass is 283 g/mol. The van der Waals surface area contributed by atoms with Gasteiger partial charge in [-0.3, -0.25) is 19.3 Å². The third-order valence-corrected chi connectivity index (χ3v) is 3.98. The van der Waals surface area contributed by atoms with Crippen molar-refractivity contribution < 1.29 is 23.9 Å². The van der Waals surface area contributed by atoms with Crippen LogP contribution in [0.3, 0.4) is 0 Å². The third kappa shape index (κ3) is 2.70. The van der Waals surface area contributed by atoms with E-state index in [-0.39, 0.29) is 25.0 Å². The predicted molar refractivity (Wildman–Crippen MR) is 69.8 cm³/mol. The highest BCUT2D eigenvalue weighted by Gasteiger charge is 2.51. The lowest BCUT2D eigenvalue weighted by Crippen LogP contribution is -2.56. The second kappa shape index (κ2) is 6.35. The van der Waals surface area contributed by atoms with Gasteiger partial charge in [0.1, 0.15) is 11.8 Å². The summed E-state index contributed by atoms with van der Waals surface area (Å²) >= 11 is 0. The summed E-state index contributed by atoms with van der Waals surface area (Å²) in [6.45, 7) is 5.05. The van der Waals surface area contributed by atoms with E-state index >= 15 is 0 Å². The number of ether oxygens (including phenoxy) is 2. The van der Waals surface area contributed by atoms with Crippen LogP contribution >= 0.6 is 0 Å². The zero-order valence-electron chi connectivity index (χ0n) is 12.0. The van der Waals surface area contributed by atoms with E-state index in [9.17, 15) is 14.4 Å². The molecule has 0 unspecified atom stereocenters. The first-order valence-corrected chi connectivity index (χ1v) is 7.21. The summed E-state index contributed by atoms with van der Waals surface area (Å²) < 4.78 is 9.96. The molecule has 2 heterocycles. The first kappa shape index (κ1) is 15.0. The molecule has 6 nitrogen and oxygen atoms in total. The molecule has 0 N–H and O–H groups in total. The Balaban J connectivity index is 2.20. The van der Waals surface area contributed by atoms with Gasteiger partial charge in [-0.05, 0) is 33.2 Å². The molecule has 0 spiro atoms. The van der Waals surface area contributed by atoms with Crippen molar-refractivity contribution >= 4 is 17.7 Å². The van der Waals surface area contributed by atoms with Gasteiger partial charge in [0.05, 0.1) is 13.2 Å². The smallest absolute Gasteiger partial charge is 0.318 e. The zero-order valence-corrected chi connectivity index (χ0v) is 12.0. The Morgan fingerprint density at radius 1 is 1.20 bits per heavy atom. The van der Waals surface area contributed by atoms with Gasteiger partial charge in [0.15, 0.2) is 5.78 Å². The van der Waals surface area contributed by atoms with Crippen LogP contribution < -0.4 is 0 Å². The average Bonchev–Trinajstić information content (AvgIpc) is 2.86. The Morgan fingerprint density at radius 2 is 1.85 bits per heavy atom. The SMILES string of the molecule is CCOC(=O)[C@@H]1CN2CCC[C@H]2[C@@H](C(=O)OCC)C1=O. The number of carbonyl (C=O) groups excluding carboxylic acids is 3. The molecule has 2 aliphatic heterocycles. The van der Waals surface area contributed by atoms with Crippen LogP contribution in [0.1, 0.15) is 26.7 Å². The Bertz CT molecular complexity index is 408. The van der Waals surface area contributed by atoms with Crippen LogP contribution in [0, 0.1) is 11.8 Å². The van der Waals surface area contributed by atoms with Gasteiger partial charge in [0.25, 0.3) is 0 Å². The fourth-order valence-corrected chi connectivity index (χ4v) is 3.13. The molecule has 0 radical (unpaired) electrons. The predicted octanol–water partition coefficient (Wildman–Crippen LogP) is 0.392. The summed E-state index contributed by atoms with van der Waals surface area (Å²) in [5, 5.41) is 0. The third-order valence-electron chi connectivity index (χ3n) is 3.98. The molecule has 112 valence electrons. The number of rotatable bonds is 4. The van der Waals surface area contributed by atoms with E-state index in [0.717, 1.165) is 19.4 Å². The molecule has 0 aromatic heterocycles. The molecule has 0 aromatic carbocycles. The maximum absolute atomic E-state index is 12.5. The van der Waals surface area contributed by atoms with Crippen LogP contribution in [-0.4, -0.2) is 55.0 Å². The highest BCUT2D eigenvalue weighted by atomic mass is 16.5. The minimum absolute atomic E-state index is 0.118. The number of Topliss-reactive ketones (excluding diaryl/α,β-unsaturated/α-hetero) is 1. The van der Waals surface area contributed by atoms with E-state index in [1.165, 1.54) is 0 Å². The van der Waals surface area contributed by atoms with Gasteiger partial charge in [-0.2, -0.15) is 0 Å². The summed E-state index contributed by atoms with van der Waals surface area (Å²) in [5.74, 6) is -3.09. The number of hydrogen-bond donors (Lipinski definition) is 0. The lowest BCUT2D eigenvalue weighted by atomic mass is 9.82. The molecule has 0 bridgehead atoms. The van der Waals surface area contributed by atoms with Crippen molar-refractivity contribution in [1.82, 2.24) is 4.90 Å². The van der Waals surface area contributed by atoms with Crippen molar-refractivity contribution in [2.24, 2.45) is 11.8 Å². The van der Waals surface area contributed by atoms with Crippen molar-refractivity contribution in [3.63, 3.8) is 0 Å². The highest BCUT2D eigenvalue weighted by Crippen LogP contribution is 2.33. The zero-order chi connectivity index (χ0) is 14.7. The van der Waals surface area contributed by atoms with Crippen LogP contribution in [0.25, 0.3) is 0 Å². The van der Waals surface area contributed by atoms with E-state index in [1.807, 2.05) is 4.90 Å². The quantitative estimate of drug-likeness (QED) is 0.549. The van der Waals surface area contributed by atoms with Gasteiger partial charge in [0, 0.05) is 12.6 Å². The first-order chi connectivity index (χ1) is 9.60. The van der Waals surface area contributed by atoms with Gasteiger partial charge >= 0.3 is 11.9 Å². The number of ketones is 1. The summed E-state index contributed by atoms with van der Waals surface area (Å²) in [7, 11) is 0. The topological polar surface area (TPSA) is 72.9 Å². The number of nitrogens with zero attached hydrogens (tertiary/aromatic N) is 1. The van der Waals surface area contributed by atoms with Gasteiger partial charge in [-0.1, -0.05) is 0 Å². The Labute approximate surface area is 118 Å². The van der Waals surface area contributed by atoms with Crippen LogP contribution in [0.4, 0.5) is 0 Å². The molecule has 0 aromatic rings. The van der Waals surface area contributed by atoms with Crippen molar-refractivity contribution in [2.75, 3.05) is 26.3 Å². The summed E-state index contributed by atoms with van der Waals surface area (Å²) in [6.07, 6.45) is 1.73. The van der Waals surface area contributed by atoms with Gasteiger partial charge < -0.3 is 9.47 Å². The van der Waals surface area contributed by atoms with Crippen LogP contribution in [0.5, 0.6) is 0 Å². The summed E-state index contributed by atoms with van der Waals surface area (Å²) in [4.78, 5) is 38.5. The minimum atomic E-state index is -0.862. The largest absolute Gasteiger partial charge is 0.465 e. The van der Waals surface area contributed by atoms with E-state index in [1.54, 1.807) is 13.8 Å². The van der Waals surface area contributed by atoms with Gasteiger partial charge in [0.2, 0.25) is 0 Å². The molecule has 2 rings (SSSR count). The molecule has 2 fully saturated rings. The van der Waals surface area contributed by atoms with Crippen molar-refractivity contribution in [3.8, 4) is 0 Å². The molecule has 6 heteroatoms. The molecule has 2 aliphatic rings. The normalized spacial score (nSPS) is 29.9. The van der Waals surface area contributed by atoms with Crippen LogP contribution in [0.15, 0.2) is 0 Å².